The standard InChI is InChI=1S/C9H4F10N2/c10-6(11,8(14,15)16)3-1-5(20)21-2-4(3)7(12,13)9(17,18)19/h1-2H,(H2,20,21). The number of anilines is 1. The van der Waals surface area contributed by atoms with E-state index in [1.165, 1.54) is 0 Å². The van der Waals surface area contributed by atoms with Crippen LogP contribution in [0.3, 0.4) is 0 Å². The molecule has 0 spiro atoms. The zero-order valence-electron chi connectivity index (χ0n) is 9.46. The highest BCUT2D eigenvalue weighted by Gasteiger charge is 2.66. The fourth-order valence-corrected chi connectivity index (χ4v) is 1.29. The first-order valence-corrected chi connectivity index (χ1v) is 4.78. The third-order valence-corrected chi connectivity index (χ3v) is 2.31. The van der Waals surface area contributed by atoms with Gasteiger partial charge in [-0.05, 0) is 6.07 Å². The number of nitrogens with two attached hydrogens (primary N) is 1. The van der Waals surface area contributed by atoms with Crippen LogP contribution in [-0.2, 0) is 11.8 Å². The normalized spacial score (nSPS) is 14.4. The Labute approximate surface area is 109 Å². The van der Waals surface area contributed by atoms with Crippen LogP contribution in [0.15, 0.2) is 12.3 Å². The number of rotatable bonds is 2. The Morgan fingerprint density at radius 2 is 1.10 bits per heavy atom. The van der Waals surface area contributed by atoms with Crippen LogP contribution < -0.4 is 5.73 Å². The van der Waals surface area contributed by atoms with Gasteiger partial charge in [0.05, 0.1) is 5.56 Å². The summed E-state index contributed by atoms with van der Waals surface area (Å²) < 4.78 is 125. The topological polar surface area (TPSA) is 38.9 Å². The van der Waals surface area contributed by atoms with Crippen molar-refractivity contribution in [2.75, 3.05) is 5.73 Å². The van der Waals surface area contributed by atoms with Gasteiger partial charge in [0, 0.05) is 11.8 Å². The number of aromatic nitrogens is 1. The monoisotopic (exact) mass is 330 g/mol. The van der Waals surface area contributed by atoms with Crippen molar-refractivity contribution in [2.24, 2.45) is 0 Å². The number of alkyl halides is 10. The lowest BCUT2D eigenvalue weighted by Gasteiger charge is -2.27. The molecule has 0 aliphatic heterocycles. The number of nitrogens with zero attached hydrogens (tertiary/aromatic N) is 1. The zero-order valence-corrected chi connectivity index (χ0v) is 9.46. The molecule has 1 aromatic rings. The Morgan fingerprint density at radius 3 is 1.48 bits per heavy atom. The van der Waals surface area contributed by atoms with Crippen molar-refractivity contribution in [3.63, 3.8) is 0 Å². The van der Waals surface area contributed by atoms with E-state index < -0.39 is 47.3 Å². The molecule has 2 nitrogen and oxygen atoms in total. The maximum Gasteiger partial charge on any atom is 0.458 e. The SMILES string of the molecule is Nc1cc(C(F)(F)C(F)(F)F)c(C(F)(F)C(F)(F)F)cn1. The molecule has 0 amide bonds. The summed E-state index contributed by atoms with van der Waals surface area (Å²) in [5.41, 5.74) is -0.444. The minimum Gasteiger partial charge on any atom is -0.384 e. The van der Waals surface area contributed by atoms with E-state index in [-0.39, 0.29) is 6.07 Å². The molecule has 0 bridgehead atoms. The molecule has 12 heteroatoms. The maximum absolute atomic E-state index is 13.1. The molecule has 0 aliphatic rings. The molecular formula is C9H4F10N2. The van der Waals surface area contributed by atoms with Crippen molar-refractivity contribution in [2.45, 2.75) is 24.2 Å². The van der Waals surface area contributed by atoms with Gasteiger partial charge in [0.25, 0.3) is 0 Å². The molecule has 1 heterocycles. The van der Waals surface area contributed by atoms with Crippen LogP contribution in [0, 0.1) is 0 Å². The second-order valence-corrected chi connectivity index (χ2v) is 3.80. The molecule has 0 fully saturated rings. The van der Waals surface area contributed by atoms with Gasteiger partial charge in [-0.1, -0.05) is 0 Å². The fraction of sp³-hybridized carbons (Fsp3) is 0.444. The first kappa shape index (κ1) is 17.3. The quantitative estimate of drug-likeness (QED) is 0.834. The van der Waals surface area contributed by atoms with Crippen molar-refractivity contribution in [3.05, 3.63) is 23.4 Å². The molecule has 2 N–H and O–H groups in total. The Hall–Kier alpha value is -1.75. The summed E-state index contributed by atoms with van der Waals surface area (Å²) in [6, 6.07) is -0.373. The molecule has 1 aromatic heterocycles. The first-order valence-electron chi connectivity index (χ1n) is 4.78. The van der Waals surface area contributed by atoms with E-state index in [1.807, 2.05) is 0 Å². The molecule has 0 atom stereocenters. The van der Waals surface area contributed by atoms with Gasteiger partial charge in [-0.2, -0.15) is 43.9 Å². The van der Waals surface area contributed by atoms with E-state index in [0.717, 1.165) is 0 Å². The summed E-state index contributed by atoms with van der Waals surface area (Å²) >= 11 is 0. The number of nitrogen functional groups attached to an aromatic ring is 1. The molecular weight excluding hydrogens is 326 g/mol. The highest BCUT2D eigenvalue weighted by molar-refractivity contribution is 5.42. The highest BCUT2D eigenvalue weighted by atomic mass is 19.4. The smallest absolute Gasteiger partial charge is 0.384 e. The average molecular weight is 330 g/mol. The van der Waals surface area contributed by atoms with Crippen LogP contribution in [0.4, 0.5) is 49.7 Å². The number of hydrogen-bond acceptors (Lipinski definition) is 2. The number of pyridine rings is 1. The minimum absolute atomic E-state index is 0.373. The van der Waals surface area contributed by atoms with Crippen molar-refractivity contribution in [1.82, 2.24) is 4.98 Å². The Balaban J connectivity index is 3.66. The summed E-state index contributed by atoms with van der Waals surface area (Å²) in [5.74, 6) is -13.0. The minimum atomic E-state index is -6.39. The van der Waals surface area contributed by atoms with E-state index in [1.54, 1.807) is 0 Å². The predicted molar refractivity (Wildman–Crippen MR) is 48.5 cm³/mol. The van der Waals surface area contributed by atoms with Crippen LogP contribution >= 0.6 is 0 Å². The van der Waals surface area contributed by atoms with E-state index in [4.69, 9.17) is 5.73 Å². The van der Waals surface area contributed by atoms with E-state index in [2.05, 4.69) is 4.98 Å². The molecule has 0 aliphatic carbocycles. The van der Waals surface area contributed by atoms with Crippen LogP contribution in [0.1, 0.15) is 11.1 Å². The van der Waals surface area contributed by atoms with Gasteiger partial charge in [0.1, 0.15) is 5.82 Å². The summed E-state index contributed by atoms with van der Waals surface area (Å²) in [5, 5.41) is 0. The Kier molecular flexibility index (Phi) is 3.81. The van der Waals surface area contributed by atoms with Crippen molar-refractivity contribution in [1.29, 1.82) is 0 Å². The molecule has 1 rings (SSSR count). The van der Waals surface area contributed by atoms with E-state index in [0.29, 0.717) is 0 Å². The first-order chi connectivity index (χ1) is 9.12. The summed E-state index contributed by atoms with van der Waals surface area (Å²) in [6.45, 7) is 0. The van der Waals surface area contributed by atoms with Gasteiger partial charge in [0.2, 0.25) is 0 Å². The molecule has 0 unspecified atom stereocenters. The molecule has 0 saturated carbocycles. The van der Waals surface area contributed by atoms with Crippen molar-refractivity contribution < 1.29 is 43.9 Å². The van der Waals surface area contributed by atoms with Gasteiger partial charge < -0.3 is 5.73 Å². The maximum atomic E-state index is 13.1. The lowest BCUT2D eigenvalue weighted by Crippen LogP contribution is -2.40. The third-order valence-electron chi connectivity index (χ3n) is 2.31. The highest BCUT2D eigenvalue weighted by Crippen LogP contribution is 2.51. The molecule has 21 heavy (non-hydrogen) atoms. The largest absolute Gasteiger partial charge is 0.458 e. The third kappa shape index (κ3) is 2.83. The Bertz CT molecular complexity index is 530. The van der Waals surface area contributed by atoms with Crippen LogP contribution in [-0.4, -0.2) is 17.3 Å². The lowest BCUT2D eigenvalue weighted by molar-refractivity contribution is -0.301. The Morgan fingerprint density at radius 1 is 0.714 bits per heavy atom. The zero-order chi connectivity index (χ0) is 16.9. The van der Waals surface area contributed by atoms with E-state index >= 15 is 0 Å². The van der Waals surface area contributed by atoms with Gasteiger partial charge in [-0.25, -0.2) is 4.98 Å². The van der Waals surface area contributed by atoms with Gasteiger partial charge in [0.15, 0.2) is 0 Å². The summed E-state index contributed by atoms with van der Waals surface area (Å²) in [4.78, 5) is 2.71. The number of hydrogen-bond donors (Lipinski definition) is 1. The predicted octanol–water partition coefficient (Wildman–Crippen LogP) is 3.97. The molecule has 0 aromatic carbocycles. The average Bonchev–Trinajstić information content (AvgIpc) is 2.25. The van der Waals surface area contributed by atoms with Crippen LogP contribution in [0.2, 0.25) is 0 Å². The van der Waals surface area contributed by atoms with Crippen molar-refractivity contribution in [3.8, 4) is 0 Å². The van der Waals surface area contributed by atoms with Gasteiger partial charge >= 0.3 is 24.2 Å². The summed E-state index contributed by atoms with van der Waals surface area (Å²) in [6.07, 6.45) is -13.2. The van der Waals surface area contributed by atoms with Gasteiger partial charge in [-0.15, -0.1) is 0 Å². The fourth-order valence-electron chi connectivity index (χ4n) is 1.29. The van der Waals surface area contributed by atoms with E-state index in [9.17, 15) is 43.9 Å². The van der Waals surface area contributed by atoms with Crippen LogP contribution in [0.5, 0.6) is 0 Å². The second-order valence-electron chi connectivity index (χ2n) is 3.80. The second kappa shape index (κ2) is 4.63. The molecule has 0 saturated heterocycles. The molecule has 0 radical (unpaired) electrons. The molecule has 120 valence electrons. The van der Waals surface area contributed by atoms with Crippen molar-refractivity contribution >= 4 is 5.82 Å². The van der Waals surface area contributed by atoms with Crippen LogP contribution in [0.25, 0.3) is 0 Å². The number of halogens is 10. The van der Waals surface area contributed by atoms with Gasteiger partial charge in [-0.3, -0.25) is 0 Å². The summed E-state index contributed by atoms with van der Waals surface area (Å²) in [7, 11) is 0. The lowest BCUT2D eigenvalue weighted by atomic mass is 9.98.